The summed E-state index contributed by atoms with van der Waals surface area (Å²) in [6, 6.07) is 32.2. The third-order valence-electron chi connectivity index (χ3n) is 14.6. The van der Waals surface area contributed by atoms with E-state index in [0.29, 0.717) is 29.5 Å². The Morgan fingerprint density at radius 3 is 1.34 bits per heavy atom. The van der Waals surface area contributed by atoms with Crippen molar-refractivity contribution in [2.75, 3.05) is 31.4 Å². The number of methoxy groups -OCH3 is 2. The van der Waals surface area contributed by atoms with Crippen molar-refractivity contribution < 1.29 is 57.4 Å². The molecule has 0 saturated heterocycles. The molecular formula is C65H61N9O12. The lowest BCUT2D eigenvalue weighted by Crippen LogP contribution is -2.44. The van der Waals surface area contributed by atoms with Crippen LogP contribution >= 0.6 is 0 Å². The number of benzene rings is 5. The number of amides is 8. The molecule has 1 aliphatic carbocycles. The lowest BCUT2D eigenvalue weighted by atomic mass is 9.94. The Hall–Kier alpha value is -10.8. The van der Waals surface area contributed by atoms with E-state index >= 15 is 0 Å². The summed E-state index contributed by atoms with van der Waals surface area (Å²) < 4.78 is 9.62. The number of nitrogens with zero attached hydrogens (tertiary/aromatic N) is 1. The van der Waals surface area contributed by atoms with Gasteiger partial charge >= 0.3 is 11.9 Å². The predicted molar refractivity (Wildman–Crippen MR) is 315 cm³/mol. The maximum Gasteiger partial charge on any atom is 0.305 e. The van der Waals surface area contributed by atoms with E-state index < -0.39 is 83.4 Å². The second-order valence-corrected chi connectivity index (χ2v) is 20.6. The van der Waals surface area contributed by atoms with Crippen LogP contribution in [-0.2, 0) is 57.6 Å². The average molecular weight is 1160 g/mol. The van der Waals surface area contributed by atoms with Gasteiger partial charge in [-0.2, -0.15) is 0 Å². The number of aromatic nitrogens is 1. The number of esters is 2. The smallest absolute Gasteiger partial charge is 0.305 e. The van der Waals surface area contributed by atoms with E-state index in [2.05, 4.69) is 53.2 Å². The average Bonchev–Trinajstić information content (AvgIpc) is 3.29. The first-order valence-electron chi connectivity index (χ1n) is 27.7. The van der Waals surface area contributed by atoms with Gasteiger partial charge in [-0.3, -0.25) is 47.9 Å². The number of anilines is 2. The molecule has 6 aromatic rings. The quantitative estimate of drug-likeness (QED) is 0.0749. The number of nitrogens with one attached hydrogen (secondary N) is 8. The number of carbonyl (C=O) groups is 10. The highest BCUT2D eigenvalue weighted by molar-refractivity contribution is 6.04. The predicted octanol–water partition coefficient (Wildman–Crippen LogP) is 5.56. The summed E-state index contributed by atoms with van der Waals surface area (Å²) in [6.45, 7) is 0.137. The van der Waals surface area contributed by atoms with Crippen LogP contribution in [0.25, 0.3) is 0 Å². The zero-order chi connectivity index (χ0) is 60.7. The standard InChI is InChI=1S/C65H61N9O12/c1-85-54(75)32-30-50-62(81)71-52-4-3-5-53(70-52)72-63(82)51(31-33-55(76)86-2)69-59(78)49-28-24-45(25-29-49)57-65(84)67-37-43-12-8-39(9-13-43)34-40-14-18-46(19-15-40)60(79)73-56(44-22-26-48(27-23-44)58(77)68-50)64(83)66-36-42-10-6-38(7-11-42)35-41-16-20-47(21-17-41)61(80)74-57/h3-12,14-29,39,50-51,56-57H,30-37H2,1-2H3,(H,66,83)(H,67,84)(H,68,77)(H,69,78)(H,73,79)(H,74,80)(H2,70,71,72,81,82)/t39?,50-,51-,56-,57-/m0/s1. The van der Waals surface area contributed by atoms with Crippen molar-refractivity contribution >= 4 is 70.8 Å². The highest BCUT2D eigenvalue weighted by Crippen LogP contribution is 2.23. The number of rotatable bonds is 6. The molecule has 14 heterocycles. The van der Waals surface area contributed by atoms with Gasteiger partial charge in [-0.25, -0.2) is 4.98 Å². The topological polar surface area (TPSA) is 298 Å². The van der Waals surface area contributed by atoms with Crippen molar-refractivity contribution in [3.8, 4) is 0 Å². The van der Waals surface area contributed by atoms with Crippen molar-refractivity contribution in [2.45, 2.75) is 69.2 Å². The van der Waals surface area contributed by atoms with Gasteiger partial charge in [0.05, 0.1) is 20.8 Å². The molecular weight excluding hydrogens is 1100 g/mol. The fourth-order valence-electron chi connectivity index (χ4n) is 9.65. The Morgan fingerprint density at radius 2 is 0.895 bits per heavy atom. The highest BCUT2D eigenvalue weighted by Gasteiger charge is 2.29. The minimum Gasteiger partial charge on any atom is -0.469 e. The molecule has 16 bridgehead atoms. The first-order valence-corrected chi connectivity index (χ1v) is 27.7. The molecule has 14 aliphatic rings. The molecule has 86 heavy (non-hydrogen) atoms. The summed E-state index contributed by atoms with van der Waals surface area (Å²) in [7, 11) is 2.35. The summed E-state index contributed by atoms with van der Waals surface area (Å²) >= 11 is 0. The molecule has 21 nitrogen and oxygen atoms in total. The molecule has 5 atom stereocenters. The molecule has 20 rings (SSSR count). The van der Waals surface area contributed by atoms with Gasteiger partial charge in [-0.15, -0.1) is 5.73 Å². The van der Waals surface area contributed by atoms with Gasteiger partial charge in [0.25, 0.3) is 23.6 Å². The Kier molecular flexibility index (Phi) is 19.5. The van der Waals surface area contributed by atoms with Crippen molar-refractivity contribution in [3.05, 3.63) is 225 Å². The Balaban J connectivity index is 1.09. The van der Waals surface area contributed by atoms with E-state index in [1.54, 1.807) is 36.4 Å². The fourth-order valence-corrected chi connectivity index (χ4v) is 9.65. The van der Waals surface area contributed by atoms with E-state index in [0.717, 1.165) is 22.3 Å². The van der Waals surface area contributed by atoms with Gasteiger partial charge in [0, 0.05) is 53.1 Å². The van der Waals surface area contributed by atoms with Crippen LogP contribution in [0.5, 0.6) is 0 Å². The molecule has 1 aromatic heterocycles. The second-order valence-electron chi connectivity index (χ2n) is 20.6. The molecule has 13 aliphatic heterocycles. The van der Waals surface area contributed by atoms with E-state index in [1.807, 2.05) is 54.6 Å². The first-order chi connectivity index (χ1) is 41.6. The fraction of sp³-hybridized carbons (Fsp3) is 0.231. The van der Waals surface area contributed by atoms with Crippen LogP contribution in [0.3, 0.4) is 0 Å². The summed E-state index contributed by atoms with van der Waals surface area (Å²) in [5.41, 5.74) is 8.69. The van der Waals surface area contributed by atoms with Gasteiger partial charge in [-0.1, -0.05) is 91.0 Å². The molecule has 21 heteroatoms. The van der Waals surface area contributed by atoms with Crippen molar-refractivity contribution in [2.24, 2.45) is 5.92 Å². The van der Waals surface area contributed by atoms with Crippen LogP contribution in [-0.4, -0.2) is 97.0 Å². The van der Waals surface area contributed by atoms with Crippen LogP contribution < -0.4 is 42.5 Å². The van der Waals surface area contributed by atoms with Crippen molar-refractivity contribution in [3.63, 3.8) is 0 Å². The molecule has 0 fully saturated rings. The third kappa shape index (κ3) is 15.8. The molecule has 8 amide bonds. The minimum absolute atomic E-state index is 0.0474. The Bertz CT molecular complexity index is 3670. The van der Waals surface area contributed by atoms with Gasteiger partial charge in [0.2, 0.25) is 23.6 Å². The maximum absolute atomic E-state index is 14.3. The van der Waals surface area contributed by atoms with Gasteiger partial charge in [0.15, 0.2) is 0 Å². The zero-order valence-corrected chi connectivity index (χ0v) is 46.9. The number of carbonyl (C=O) groups excluding carboxylic acids is 10. The Labute approximate surface area is 494 Å². The number of pyridine rings is 1. The number of hydrogen-bond donors (Lipinski definition) is 8. The molecule has 0 saturated carbocycles. The minimum atomic E-state index is -1.35. The SMILES string of the molecule is COC(=O)CC[C@@H]1NC(=O)c2ccc(cc2)[C@@H]2NC(=O)c3ccc(cc3)Cc3ccc(cc3)CNC(=O)[C@@H](NC(=O)c3ccc(cc3)CC3C=C=C(C=C3)CNC2=O)c2ccc(cc2)C(=O)N[C@@H](CCC(=O)OC)C(=O)Nc2cccc(n2)NC1=O. The van der Waals surface area contributed by atoms with Crippen LogP contribution in [0.15, 0.2) is 169 Å². The van der Waals surface area contributed by atoms with E-state index in [1.165, 1.54) is 80.9 Å². The van der Waals surface area contributed by atoms with Crippen LogP contribution in [0.1, 0.15) is 113 Å². The molecule has 438 valence electrons. The summed E-state index contributed by atoms with van der Waals surface area (Å²) in [6.07, 6.45) is 5.73. The molecule has 0 radical (unpaired) electrons. The van der Waals surface area contributed by atoms with Crippen LogP contribution in [0.4, 0.5) is 11.6 Å². The van der Waals surface area contributed by atoms with E-state index in [9.17, 15) is 47.9 Å². The lowest BCUT2D eigenvalue weighted by molar-refractivity contribution is -0.141. The monoisotopic (exact) mass is 1160 g/mol. The molecule has 8 N–H and O–H groups in total. The number of ether oxygens (including phenoxy) is 2. The van der Waals surface area contributed by atoms with E-state index in [4.69, 9.17) is 9.47 Å². The van der Waals surface area contributed by atoms with Gasteiger partial charge in [0.1, 0.15) is 35.8 Å². The number of hydrogen-bond acceptors (Lipinski definition) is 13. The van der Waals surface area contributed by atoms with Gasteiger partial charge < -0.3 is 52.0 Å². The van der Waals surface area contributed by atoms with Crippen LogP contribution in [0, 0.1) is 5.92 Å². The molecule has 0 spiro atoms. The summed E-state index contributed by atoms with van der Waals surface area (Å²) in [5.74, 6) is -6.84. The molecule has 5 aromatic carbocycles. The molecule has 1 unspecified atom stereocenters. The van der Waals surface area contributed by atoms with Crippen LogP contribution in [0.2, 0.25) is 0 Å². The highest BCUT2D eigenvalue weighted by atomic mass is 16.5. The normalized spacial score (nSPS) is 19.5. The van der Waals surface area contributed by atoms with E-state index in [-0.39, 0.29) is 78.6 Å². The van der Waals surface area contributed by atoms with Gasteiger partial charge in [-0.05, 0) is 126 Å². The zero-order valence-electron chi connectivity index (χ0n) is 46.9. The number of allylic oxidation sites excluding steroid dienone is 1. The van der Waals surface area contributed by atoms with Crippen molar-refractivity contribution in [1.29, 1.82) is 0 Å². The third-order valence-corrected chi connectivity index (χ3v) is 14.6. The van der Waals surface area contributed by atoms with Crippen molar-refractivity contribution in [1.82, 2.24) is 36.9 Å². The lowest BCUT2D eigenvalue weighted by Gasteiger charge is -2.21. The Morgan fingerprint density at radius 1 is 0.488 bits per heavy atom. The second kappa shape index (κ2) is 28.0. The maximum atomic E-state index is 14.3. The first kappa shape index (κ1) is 59.8. The summed E-state index contributed by atoms with van der Waals surface area (Å²) in [4.78, 5) is 142. The largest absolute Gasteiger partial charge is 0.469 e. The summed E-state index contributed by atoms with van der Waals surface area (Å²) in [5, 5.41) is 22.1.